The topological polar surface area (TPSA) is 101 Å². The van der Waals surface area contributed by atoms with Gasteiger partial charge in [0.25, 0.3) is 0 Å². The third-order valence-corrected chi connectivity index (χ3v) is 2.90. The first kappa shape index (κ1) is 16.7. The van der Waals surface area contributed by atoms with E-state index in [1.165, 1.54) is 0 Å². The number of guanidine groups is 1. The van der Waals surface area contributed by atoms with Gasteiger partial charge in [0.05, 0.1) is 26.4 Å². The van der Waals surface area contributed by atoms with Crippen molar-refractivity contribution in [2.45, 2.75) is 19.4 Å². The first-order valence-corrected chi connectivity index (χ1v) is 6.79. The average molecular weight is 287 g/mol. The predicted octanol–water partition coefficient (Wildman–Crippen LogP) is -1.32. The van der Waals surface area contributed by atoms with Gasteiger partial charge >= 0.3 is 0 Å². The summed E-state index contributed by atoms with van der Waals surface area (Å²) in [4.78, 5) is 17.9. The normalized spacial score (nSPS) is 17.8. The number of aliphatic imine (C=N–C) groups is 1. The fourth-order valence-corrected chi connectivity index (χ4v) is 1.89. The van der Waals surface area contributed by atoms with Gasteiger partial charge in [0.15, 0.2) is 0 Å². The minimum atomic E-state index is 0.0877. The summed E-state index contributed by atoms with van der Waals surface area (Å²) in [6.07, 6.45) is 0.367. The fraction of sp³-hybridized carbons (Fsp3) is 0.833. The molecular formula is C12H25N5O3. The molecule has 1 saturated heterocycles. The first-order chi connectivity index (χ1) is 9.67. The highest BCUT2D eigenvalue weighted by atomic mass is 16.5. The van der Waals surface area contributed by atoms with Gasteiger partial charge in [-0.2, -0.15) is 0 Å². The number of morpholine rings is 1. The van der Waals surface area contributed by atoms with Crippen molar-refractivity contribution >= 4 is 11.9 Å². The largest absolute Gasteiger partial charge is 0.383 e. The summed E-state index contributed by atoms with van der Waals surface area (Å²) in [7, 11) is 1.63. The zero-order valence-corrected chi connectivity index (χ0v) is 12.2. The summed E-state index contributed by atoms with van der Waals surface area (Å²) in [5.74, 6) is 5.94. The molecule has 8 nitrogen and oxygen atoms in total. The maximum absolute atomic E-state index is 11.9. The molecule has 20 heavy (non-hydrogen) atoms. The van der Waals surface area contributed by atoms with Crippen LogP contribution in [0.5, 0.6) is 0 Å². The smallest absolute Gasteiger partial charge is 0.224 e. The molecule has 1 rings (SSSR count). The number of amides is 1. The van der Waals surface area contributed by atoms with Crippen LogP contribution in [0.3, 0.4) is 0 Å². The minimum absolute atomic E-state index is 0.0877. The zero-order valence-electron chi connectivity index (χ0n) is 12.2. The van der Waals surface area contributed by atoms with Crippen molar-refractivity contribution in [3.8, 4) is 0 Å². The average Bonchev–Trinajstić information content (AvgIpc) is 2.47. The monoisotopic (exact) mass is 287 g/mol. The van der Waals surface area contributed by atoms with Gasteiger partial charge in [-0.25, -0.2) is 5.84 Å². The number of nitrogens with zero attached hydrogens (tertiary/aromatic N) is 2. The van der Waals surface area contributed by atoms with E-state index in [0.29, 0.717) is 51.8 Å². The molecule has 1 fully saturated rings. The molecule has 8 heteroatoms. The van der Waals surface area contributed by atoms with E-state index in [0.717, 1.165) is 0 Å². The molecule has 1 aliphatic heterocycles. The highest BCUT2D eigenvalue weighted by Gasteiger charge is 2.16. The lowest BCUT2D eigenvalue weighted by atomic mass is 10.3. The lowest BCUT2D eigenvalue weighted by Crippen LogP contribution is -2.47. The molecule has 116 valence electrons. The Kier molecular flexibility index (Phi) is 7.93. The summed E-state index contributed by atoms with van der Waals surface area (Å²) in [5.41, 5.74) is 2.48. The van der Waals surface area contributed by atoms with E-state index in [1.54, 1.807) is 12.0 Å². The number of ether oxygens (including phenoxy) is 2. The van der Waals surface area contributed by atoms with Gasteiger partial charge < -0.3 is 19.7 Å². The molecule has 0 aromatic rings. The molecular weight excluding hydrogens is 262 g/mol. The van der Waals surface area contributed by atoms with Crippen molar-refractivity contribution in [3.63, 3.8) is 0 Å². The van der Waals surface area contributed by atoms with Crippen LogP contribution in [0, 0.1) is 0 Å². The molecule has 0 aliphatic carbocycles. The quantitative estimate of drug-likeness (QED) is 0.242. The Hall–Kier alpha value is -1.38. The van der Waals surface area contributed by atoms with E-state index < -0.39 is 0 Å². The zero-order chi connectivity index (χ0) is 14.8. The van der Waals surface area contributed by atoms with E-state index >= 15 is 0 Å². The Labute approximate surface area is 119 Å². The van der Waals surface area contributed by atoms with Crippen LogP contribution in [0.4, 0.5) is 0 Å². The van der Waals surface area contributed by atoms with Gasteiger partial charge in [-0.1, -0.05) is 0 Å². The van der Waals surface area contributed by atoms with Crippen LogP contribution >= 0.6 is 0 Å². The molecule has 0 bridgehead atoms. The van der Waals surface area contributed by atoms with Gasteiger partial charge in [-0.3, -0.25) is 15.2 Å². The second-order valence-corrected chi connectivity index (χ2v) is 4.62. The van der Waals surface area contributed by atoms with Crippen molar-refractivity contribution in [2.24, 2.45) is 10.8 Å². The number of nitrogens with one attached hydrogen (secondary N) is 2. The third kappa shape index (κ3) is 6.18. The number of nitrogens with two attached hydrogens (primary N) is 1. The maximum atomic E-state index is 11.9. The van der Waals surface area contributed by atoms with Crippen molar-refractivity contribution < 1.29 is 14.3 Å². The molecule has 1 unspecified atom stereocenters. The highest BCUT2D eigenvalue weighted by Crippen LogP contribution is 2.00. The molecule has 1 atom stereocenters. The van der Waals surface area contributed by atoms with Crippen molar-refractivity contribution in [1.29, 1.82) is 0 Å². The number of methoxy groups -OCH3 is 1. The Morgan fingerprint density at radius 1 is 1.50 bits per heavy atom. The Bertz CT molecular complexity index is 318. The predicted molar refractivity (Wildman–Crippen MR) is 76.1 cm³/mol. The molecule has 0 saturated carbocycles. The van der Waals surface area contributed by atoms with E-state index in [1.807, 2.05) is 6.92 Å². The van der Waals surface area contributed by atoms with Gasteiger partial charge in [0, 0.05) is 32.7 Å². The third-order valence-electron chi connectivity index (χ3n) is 2.90. The maximum Gasteiger partial charge on any atom is 0.224 e. The number of hydrazine groups is 1. The molecule has 0 spiro atoms. The summed E-state index contributed by atoms with van der Waals surface area (Å²) < 4.78 is 10.2. The number of rotatable bonds is 6. The van der Waals surface area contributed by atoms with Crippen LogP contribution in [-0.2, 0) is 14.3 Å². The van der Waals surface area contributed by atoms with Crippen molar-refractivity contribution in [1.82, 2.24) is 15.6 Å². The summed E-state index contributed by atoms with van der Waals surface area (Å²) >= 11 is 0. The van der Waals surface area contributed by atoms with Crippen molar-refractivity contribution in [2.75, 3.05) is 46.6 Å². The van der Waals surface area contributed by atoms with E-state index in [-0.39, 0.29) is 11.9 Å². The minimum Gasteiger partial charge on any atom is -0.383 e. The Morgan fingerprint density at radius 2 is 2.20 bits per heavy atom. The molecule has 0 radical (unpaired) electrons. The van der Waals surface area contributed by atoms with E-state index in [4.69, 9.17) is 15.3 Å². The standard InChI is InChI=1S/C12H25N5O3/c1-10(9-19-2)15-12(16-13)14-4-3-11(18)17-5-7-20-8-6-17/h10H,3-9,13H2,1-2H3,(H2,14,15,16). The van der Waals surface area contributed by atoms with Crippen LogP contribution in [0.1, 0.15) is 13.3 Å². The summed E-state index contributed by atoms with van der Waals surface area (Å²) in [5, 5.41) is 3.06. The van der Waals surface area contributed by atoms with E-state index in [2.05, 4.69) is 15.7 Å². The molecule has 0 aromatic carbocycles. The number of carbonyl (C=O) groups excluding carboxylic acids is 1. The Balaban J connectivity index is 2.30. The molecule has 1 amide bonds. The fourth-order valence-electron chi connectivity index (χ4n) is 1.89. The second-order valence-electron chi connectivity index (χ2n) is 4.62. The molecule has 0 aromatic heterocycles. The molecule has 4 N–H and O–H groups in total. The number of hydrogen-bond acceptors (Lipinski definition) is 5. The molecule has 1 heterocycles. The van der Waals surface area contributed by atoms with E-state index in [9.17, 15) is 4.79 Å². The summed E-state index contributed by atoms with van der Waals surface area (Å²) in [6.45, 7) is 5.44. The van der Waals surface area contributed by atoms with Crippen LogP contribution in [0.15, 0.2) is 4.99 Å². The molecule has 1 aliphatic rings. The van der Waals surface area contributed by atoms with Crippen LogP contribution in [-0.4, -0.2) is 69.4 Å². The van der Waals surface area contributed by atoms with Crippen LogP contribution in [0.25, 0.3) is 0 Å². The van der Waals surface area contributed by atoms with Gasteiger partial charge in [-0.05, 0) is 6.92 Å². The van der Waals surface area contributed by atoms with Gasteiger partial charge in [-0.15, -0.1) is 0 Å². The summed E-state index contributed by atoms with van der Waals surface area (Å²) in [6, 6.07) is 0.0877. The highest BCUT2D eigenvalue weighted by molar-refractivity contribution is 5.80. The SMILES string of the molecule is COCC(C)NC(=NCCC(=O)N1CCOCC1)NN. The second kappa shape index (κ2) is 9.51. The Morgan fingerprint density at radius 3 is 2.80 bits per heavy atom. The first-order valence-electron chi connectivity index (χ1n) is 6.79. The van der Waals surface area contributed by atoms with Gasteiger partial charge in [0.1, 0.15) is 0 Å². The number of carbonyl (C=O) groups is 1. The lowest BCUT2D eigenvalue weighted by molar-refractivity contribution is -0.135. The van der Waals surface area contributed by atoms with Gasteiger partial charge in [0.2, 0.25) is 11.9 Å². The van der Waals surface area contributed by atoms with Crippen molar-refractivity contribution in [3.05, 3.63) is 0 Å². The lowest BCUT2D eigenvalue weighted by Gasteiger charge is -2.26. The number of hydrogen-bond donors (Lipinski definition) is 3. The van der Waals surface area contributed by atoms with Crippen LogP contribution in [0.2, 0.25) is 0 Å². The van der Waals surface area contributed by atoms with Crippen LogP contribution < -0.4 is 16.6 Å².